The van der Waals surface area contributed by atoms with E-state index >= 15 is 0 Å². The first-order chi connectivity index (χ1) is 7.36. The van der Waals surface area contributed by atoms with Gasteiger partial charge in [-0.2, -0.15) is 13.2 Å². The van der Waals surface area contributed by atoms with Gasteiger partial charge in [-0.1, -0.05) is 18.2 Å². The van der Waals surface area contributed by atoms with Gasteiger partial charge in [0.15, 0.2) is 0 Å². The fourth-order valence-corrected chi connectivity index (χ4v) is 1.96. The molecule has 0 spiro atoms. The monoisotopic (exact) mass is 228 g/mol. The van der Waals surface area contributed by atoms with E-state index in [0.29, 0.717) is 18.4 Å². The molecular formula is C12H11F3O. The van der Waals surface area contributed by atoms with Crippen LogP contribution in [0.1, 0.15) is 30.9 Å². The molecule has 2 rings (SSSR count). The highest BCUT2D eigenvalue weighted by Gasteiger charge is 2.49. The number of hydrogen-bond acceptors (Lipinski definition) is 1. The van der Waals surface area contributed by atoms with Gasteiger partial charge in [-0.25, -0.2) is 0 Å². The van der Waals surface area contributed by atoms with Crippen LogP contribution in [0.5, 0.6) is 0 Å². The molecule has 0 heterocycles. The van der Waals surface area contributed by atoms with Gasteiger partial charge in [0.25, 0.3) is 0 Å². The van der Waals surface area contributed by atoms with Gasteiger partial charge < -0.3 is 0 Å². The van der Waals surface area contributed by atoms with Crippen molar-refractivity contribution < 1.29 is 18.0 Å². The second-order valence-electron chi connectivity index (χ2n) is 4.22. The molecule has 0 amide bonds. The van der Waals surface area contributed by atoms with Crippen LogP contribution in [0, 0.1) is 0 Å². The summed E-state index contributed by atoms with van der Waals surface area (Å²) in [5.74, 6) is -0.0492. The number of carbonyl (C=O) groups excluding carboxylic acids is 1. The van der Waals surface area contributed by atoms with Gasteiger partial charge in [-0.15, -0.1) is 0 Å². The quantitative estimate of drug-likeness (QED) is 0.758. The Balaban J connectivity index is 2.41. The van der Waals surface area contributed by atoms with Crippen molar-refractivity contribution in [2.45, 2.75) is 31.4 Å². The van der Waals surface area contributed by atoms with E-state index < -0.39 is 17.2 Å². The summed E-state index contributed by atoms with van der Waals surface area (Å²) in [6, 6.07) is 5.08. The lowest BCUT2D eigenvalue weighted by molar-refractivity contribution is -0.137. The molecule has 1 aliphatic rings. The second kappa shape index (κ2) is 3.34. The van der Waals surface area contributed by atoms with Gasteiger partial charge in [0.2, 0.25) is 0 Å². The molecule has 1 aliphatic carbocycles. The summed E-state index contributed by atoms with van der Waals surface area (Å²) in [5.41, 5.74) is -0.825. The molecule has 1 saturated carbocycles. The van der Waals surface area contributed by atoms with E-state index in [2.05, 4.69) is 0 Å². The van der Waals surface area contributed by atoms with Crippen LogP contribution >= 0.6 is 0 Å². The third-order valence-electron chi connectivity index (χ3n) is 3.17. The molecular weight excluding hydrogens is 217 g/mol. The number of halogens is 3. The van der Waals surface area contributed by atoms with Crippen LogP contribution in [0.2, 0.25) is 0 Å². The van der Waals surface area contributed by atoms with E-state index in [0.717, 1.165) is 12.1 Å². The molecule has 1 aromatic rings. The van der Waals surface area contributed by atoms with Crippen molar-refractivity contribution in [2.75, 3.05) is 0 Å². The molecule has 0 bridgehead atoms. The minimum Gasteiger partial charge on any atom is -0.299 e. The Labute approximate surface area is 91.3 Å². The lowest BCUT2D eigenvalue weighted by Gasteiger charge is -2.14. The van der Waals surface area contributed by atoms with Crippen molar-refractivity contribution in [2.24, 2.45) is 0 Å². The average Bonchev–Trinajstić information content (AvgIpc) is 2.97. The van der Waals surface area contributed by atoms with Crippen molar-refractivity contribution in [3.8, 4) is 0 Å². The highest BCUT2D eigenvalue weighted by Crippen LogP contribution is 2.49. The molecule has 0 unspecified atom stereocenters. The van der Waals surface area contributed by atoms with E-state index in [1.54, 1.807) is 6.07 Å². The SMILES string of the molecule is CC(=O)C1(c2cccc(C(F)(F)F)c2)CC1. The maximum absolute atomic E-state index is 12.5. The Bertz CT molecular complexity index is 430. The Hall–Kier alpha value is -1.32. The molecule has 0 radical (unpaired) electrons. The van der Waals surface area contributed by atoms with E-state index in [4.69, 9.17) is 0 Å². The van der Waals surface area contributed by atoms with Crippen LogP contribution in [0.3, 0.4) is 0 Å². The van der Waals surface area contributed by atoms with Gasteiger partial charge >= 0.3 is 6.18 Å². The molecule has 1 fully saturated rings. The summed E-state index contributed by atoms with van der Waals surface area (Å²) in [6.07, 6.45) is -3.03. The topological polar surface area (TPSA) is 17.1 Å². The summed E-state index contributed by atoms with van der Waals surface area (Å²) < 4.78 is 37.5. The molecule has 0 saturated heterocycles. The zero-order chi connectivity index (χ0) is 12.0. The molecule has 1 nitrogen and oxygen atoms in total. The Morgan fingerprint density at radius 1 is 1.31 bits per heavy atom. The zero-order valence-electron chi connectivity index (χ0n) is 8.77. The number of benzene rings is 1. The molecule has 1 aromatic carbocycles. The first-order valence-electron chi connectivity index (χ1n) is 5.05. The van der Waals surface area contributed by atoms with Gasteiger partial charge in [-0.3, -0.25) is 4.79 Å². The third kappa shape index (κ3) is 1.72. The number of rotatable bonds is 2. The fourth-order valence-electron chi connectivity index (χ4n) is 1.96. The highest BCUT2D eigenvalue weighted by molar-refractivity contribution is 5.91. The van der Waals surface area contributed by atoms with Crippen molar-refractivity contribution in [1.29, 1.82) is 0 Å². The summed E-state index contributed by atoms with van der Waals surface area (Å²) in [6.45, 7) is 1.44. The molecule has 0 aliphatic heterocycles. The predicted octanol–water partition coefficient (Wildman–Crippen LogP) is 3.33. The predicted molar refractivity (Wildman–Crippen MR) is 53.0 cm³/mol. The summed E-state index contributed by atoms with van der Waals surface area (Å²) in [4.78, 5) is 11.4. The summed E-state index contributed by atoms with van der Waals surface area (Å²) in [7, 11) is 0. The maximum Gasteiger partial charge on any atom is 0.416 e. The van der Waals surface area contributed by atoms with Crippen LogP contribution in [0.25, 0.3) is 0 Å². The Morgan fingerprint density at radius 3 is 2.38 bits per heavy atom. The van der Waals surface area contributed by atoms with Crippen molar-refractivity contribution in [3.63, 3.8) is 0 Å². The maximum atomic E-state index is 12.5. The fraction of sp³-hybridized carbons (Fsp3) is 0.417. The van der Waals surface area contributed by atoms with Gasteiger partial charge in [0.05, 0.1) is 11.0 Å². The van der Waals surface area contributed by atoms with Crippen LogP contribution in [0.15, 0.2) is 24.3 Å². The molecule has 86 valence electrons. The van der Waals surface area contributed by atoms with Gasteiger partial charge in [0, 0.05) is 0 Å². The normalized spacial score (nSPS) is 18.2. The Kier molecular flexibility index (Phi) is 2.33. The summed E-state index contributed by atoms with van der Waals surface area (Å²) in [5, 5.41) is 0. The first kappa shape index (κ1) is 11.2. The van der Waals surface area contributed by atoms with E-state index in [1.807, 2.05) is 0 Å². The lowest BCUT2D eigenvalue weighted by Crippen LogP contribution is -2.18. The van der Waals surface area contributed by atoms with E-state index in [1.165, 1.54) is 13.0 Å². The minimum absolute atomic E-state index is 0.0492. The summed E-state index contributed by atoms with van der Waals surface area (Å²) >= 11 is 0. The molecule has 16 heavy (non-hydrogen) atoms. The average molecular weight is 228 g/mol. The second-order valence-corrected chi connectivity index (χ2v) is 4.22. The highest BCUT2D eigenvalue weighted by atomic mass is 19.4. The number of ketones is 1. The first-order valence-corrected chi connectivity index (χ1v) is 5.05. The Morgan fingerprint density at radius 2 is 1.94 bits per heavy atom. The number of hydrogen-bond donors (Lipinski definition) is 0. The van der Waals surface area contributed by atoms with Crippen molar-refractivity contribution in [3.05, 3.63) is 35.4 Å². The van der Waals surface area contributed by atoms with E-state index in [9.17, 15) is 18.0 Å². The third-order valence-corrected chi connectivity index (χ3v) is 3.17. The van der Waals surface area contributed by atoms with Crippen molar-refractivity contribution >= 4 is 5.78 Å². The van der Waals surface area contributed by atoms with Gasteiger partial charge in [0.1, 0.15) is 5.78 Å². The largest absolute Gasteiger partial charge is 0.416 e. The van der Waals surface area contributed by atoms with Crippen LogP contribution < -0.4 is 0 Å². The molecule has 0 atom stereocenters. The van der Waals surface area contributed by atoms with Crippen LogP contribution in [0.4, 0.5) is 13.2 Å². The van der Waals surface area contributed by atoms with Crippen molar-refractivity contribution in [1.82, 2.24) is 0 Å². The molecule has 4 heteroatoms. The standard InChI is InChI=1S/C12H11F3O/c1-8(16)11(5-6-11)9-3-2-4-10(7-9)12(13,14)15/h2-4,7H,5-6H2,1H3. The number of Topliss-reactive ketones (excluding diaryl/α,β-unsaturated/α-hetero) is 1. The van der Waals surface area contributed by atoms with Crippen LogP contribution in [-0.2, 0) is 16.4 Å². The van der Waals surface area contributed by atoms with Gasteiger partial charge in [-0.05, 0) is 31.4 Å². The number of alkyl halides is 3. The smallest absolute Gasteiger partial charge is 0.299 e. The molecule has 0 aromatic heterocycles. The molecule has 0 N–H and O–H groups in total. The zero-order valence-corrected chi connectivity index (χ0v) is 8.77. The lowest BCUT2D eigenvalue weighted by atomic mass is 9.91. The van der Waals surface area contributed by atoms with E-state index in [-0.39, 0.29) is 5.78 Å². The minimum atomic E-state index is -4.34. The number of carbonyl (C=O) groups is 1. The van der Waals surface area contributed by atoms with Crippen LogP contribution in [-0.4, -0.2) is 5.78 Å².